The minimum absolute atomic E-state index is 0.0795. The van der Waals surface area contributed by atoms with E-state index in [1.165, 1.54) is 0 Å². The molecule has 1 heterocycles. The fraction of sp³-hybridized carbons (Fsp3) is 0.136. The summed E-state index contributed by atoms with van der Waals surface area (Å²) in [6.07, 6.45) is -3.28. The molecule has 3 aromatic carbocycles. The highest BCUT2D eigenvalue weighted by Crippen LogP contribution is 2.47. The molecule has 0 radical (unpaired) electrons. The van der Waals surface area contributed by atoms with Crippen LogP contribution in [-0.2, 0) is 11.2 Å². The van der Waals surface area contributed by atoms with Gasteiger partial charge >= 0.3 is 5.97 Å². The Hall–Kier alpha value is -4.74. The van der Waals surface area contributed by atoms with E-state index in [0.717, 1.165) is 30.3 Å². The van der Waals surface area contributed by atoms with Gasteiger partial charge in [0.15, 0.2) is 40.7 Å². The van der Waals surface area contributed by atoms with Crippen LogP contribution in [0.5, 0.6) is 51.7 Å². The summed E-state index contributed by atoms with van der Waals surface area (Å²) >= 11 is 0. The number of halogens is 1. The first-order valence-electron chi connectivity index (χ1n) is 9.58. The van der Waals surface area contributed by atoms with Gasteiger partial charge in [-0.1, -0.05) is 0 Å². The average Bonchev–Trinajstić information content (AvgIpc) is 2.78. The second kappa shape index (κ2) is 7.99. The Labute approximate surface area is 189 Å². The van der Waals surface area contributed by atoms with Gasteiger partial charge in [0, 0.05) is 29.7 Å². The maximum absolute atomic E-state index is 14.8. The minimum atomic E-state index is -1.56. The third-order valence-electron chi connectivity index (χ3n) is 5.26. The van der Waals surface area contributed by atoms with Crippen LogP contribution in [0.25, 0.3) is 0 Å². The van der Waals surface area contributed by atoms with Gasteiger partial charge in [-0.05, 0) is 18.2 Å². The normalized spacial score (nSPS) is 17.0. The molecule has 1 aliphatic rings. The van der Waals surface area contributed by atoms with Gasteiger partial charge in [-0.15, -0.1) is 0 Å². The van der Waals surface area contributed by atoms with Crippen molar-refractivity contribution in [1.29, 1.82) is 0 Å². The van der Waals surface area contributed by atoms with Crippen molar-refractivity contribution in [3.8, 4) is 51.7 Å². The first-order valence-corrected chi connectivity index (χ1v) is 9.58. The van der Waals surface area contributed by atoms with Crippen LogP contribution in [0.2, 0.25) is 0 Å². The molecule has 0 saturated heterocycles. The molecule has 4 rings (SSSR count). The van der Waals surface area contributed by atoms with Crippen molar-refractivity contribution in [2.24, 2.45) is 0 Å². The molecule has 34 heavy (non-hydrogen) atoms. The largest absolute Gasteiger partial charge is 0.508 e. The summed E-state index contributed by atoms with van der Waals surface area (Å²) in [5.41, 5.74) is -0.851. The van der Waals surface area contributed by atoms with E-state index in [1.807, 2.05) is 0 Å². The Balaban J connectivity index is 1.79. The number of ether oxygens (including phenoxy) is 2. The van der Waals surface area contributed by atoms with Gasteiger partial charge in [0.1, 0.15) is 23.4 Å². The predicted molar refractivity (Wildman–Crippen MR) is 109 cm³/mol. The van der Waals surface area contributed by atoms with Crippen molar-refractivity contribution >= 4 is 5.97 Å². The lowest BCUT2D eigenvalue weighted by Crippen LogP contribution is -2.35. The summed E-state index contributed by atoms with van der Waals surface area (Å²) in [5, 5.41) is 77.9. The van der Waals surface area contributed by atoms with Gasteiger partial charge in [0.05, 0.1) is 5.56 Å². The molecule has 0 aliphatic carbocycles. The molecule has 1 aliphatic heterocycles. The van der Waals surface area contributed by atoms with Crippen LogP contribution in [0.4, 0.5) is 4.39 Å². The Morgan fingerprint density at radius 2 is 1.44 bits per heavy atom. The molecule has 3 aromatic rings. The molecular weight excluding hydrogens is 459 g/mol. The number of phenols is 8. The zero-order valence-electron chi connectivity index (χ0n) is 16.9. The summed E-state index contributed by atoms with van der Waals surface area (Å²) in [5.74, 6) is -9.30. The van der Waals surface area contributed by atoms with Crippen LogP contribution >= 0.6 is 0 Å². The highest BCUT2D eigenvalue weighted by molar-refractivity contribution is 5.91. The average molecular weight is 476 g/mol. The first-order chi connectivity index (χ1) is 16.0. The second-order valence-corrected chi connectivity index (χ2v) is 7.49. The molecule has 0 amide bonds. The summed E-state index contributed by atoms with van der Waals surface area (Å²) in [7, 11) is 0. The molecule has 11 nitrogen and oxygen atoms in total. The Morgan fingerprint density at radius 3 is 2.09 bits per heavy atom. The van der Waals surface area contributed by atoms with Crippen molar-refractivity contribution in [3.05, 3.63) is 52.8 Å². The van der Waals surface area contributed by atoms with Gasteiger partial charge in [-0.2, -0.15) is 0 Å². The Kier molecular flexibility index (Phi) is 5.28. The maximum atomic E-state index is 14.8. The third-order valence-corrected chi connectivity index (χ3v) is 5.26. The van der Waals surface area contributed by atoms with Gasteiger partial charge < -0.3 is 50.3 Å². The monoisotopic (exact) mass is 476 g/mol. The van der Waals surface area contributed by atoms with E-state index < -0.39 is 81.1 Å². The van der Waals surface area contributed by atoms with Crippen LogP contribution in [0.3, 0.4) is 0 Å². The van der Waals surface area contributed by atoms with Crippen molar-refractivity contribution in [3.63, 3.8) is 0 Å². The third kappa shape index (κ3) is 3.70. The molecule has 0 saturated carbocycles. The van der Waals surface area contributed by atoms with E-state index in [2.05, 4.69) is 0 Å². The van der Waals surface area contributed by atoms with Crippen LogP contribution < -0.4 is 4.74 Å². The molecule has 0 fully saturated rings. The van der Waals surface area contributed by atoms with Crippen LogP contribution in [0, 0.1) is 5.82 Å². The number of benzene rings is 3. The number of aromatic hydroxyl groups is 8. The lowest BCUT2D eigenvalue weighted by atomic mass is 9.93. The summed E-state index contributed by atoms with van der Waals surface area (Å²) < 4.78 is 25.8. The zero-order chi connectivity index (χ0) is 24.9. The van der Waals surface area contributed by atoms with E-state index in [9.17, 15) is 50.0 Å². The van der Waals surface area contributed by atoms with E-state index in [4.69, 9.17) is 9.47 Å². The molecule has 2 atom stereocenters. The van der Waals surface area contributed by atoms with Gasteiger partial charge in [-0.25, -0.2) is 9.18 Å². The molecule has 178 valence electrons. The zero-order valence-corrected chi connectivity index (χ0v) is 16.9. The van der Waals surface area contributed by atoms with Crippen molar-refractivity contribution in [2.75, 3.05) is 0 Å². The van der Waals surface area contributed by atoms with E-state index >= 15 is 0 Å². The molecule has 2 unspecified atom stereocenters. The lowest BCUT2D eigenvalue weighted by molar-refractivity contribution is -0.0200. The molecule has 0 aromatic heterocycles. The van der Waals surface area contributed by atoms with Crippen molar-refractivity contribution in [1.82, 2.24) is 0 Å². The second-order valence-electron chi connectivity index (χ2n) is 7.49. The molecule has 0 spiro atoms. The molecule has 12 heteroatoms. The van der Waals surface area contributed by atoms with Gasteiger partial charge in [0.25, 0.3) is 0 Å². The van der Waals surface area contributed by atoms with Crippen molar-refractivity contribution in [2.45, 2.75) is 18.6 Å². The number of carbonyl (C=O) groups excluding carboxylic acids is 1. The fourth-order valence-electron chi connectivity index (χ4n) is 3.59. The fourth-order valence-corrected chi connectivity index (χ4v) is 3.59. The highest BCUT2D eigenvalue weighted by Gasteiger charge is 2.39. The number of hydrogen-bond acceptors (Lipinski definition) is 11. The maximum Gasteiger partial charge on any atom is 0.338 e. The summed E-state index contributed by atoms with van der Waals surface area (Å²) in [4.78, 5) is 12.7. The van der Waals surface area contributed by atoms with Crippen molar-refractivity contribution < 1.29 is 59.5 Å². The molecule has 8 N–H and O–H groups in total. The van der Waals surface area contributed by atoms with Gasteiger partial charge in [0.2, 0.25) is 5.75 Å². The topological polar surface area (TPSA) is 197 Å². The minimum Gasteiger partial charge on any atom is -0.508 e. The van der Waals surface area contributed by atoms with E-state index in [0.29, 0.717) is 0 Å². The first kappa shape index (κ1) is 22.5. The lowest BCUT2D eigenvalue weighted by Gasteiger charge is -2.34. The van der Waals surface area contributed by atoms with Crippen LogP contribution in [0.1, 0.15) is 27.6 Å². The van der Waals surface area contributed by atoms with E-state index in [1.54, 1.807) is 0 Å². The van der Waals surface area contributed by atoms with Crippen LogP contribution in [0.15, 0.2) is 30.3 Å². The smallest absolute Gasteiger partial charge is 0.338 e. The number of carbonyl (C=O) groups is 1. The molecule has 0 bridgehead atoms. The van der Waals surface area contributed by atoms with Gasteiger partial charge in [-0.3, -0.25) is 0 Å². The number of fused-ring (bicyclic) bond motifs is 1. The Bertz CT molecular complexity index is 1300. The number of esters is 1. The number of hydrogen-bond donors (Lipinski definition) is 8. The summed E-state index contributed by atoms with van der Waals surface area (Å²) in [6.45, 7) is 0. The SMILES string of the molecule is O=C(OC1Cc2c(O)cc(O)cc2OC1c1cc(O)c(O)c(O)c1F)c1cc(O)c(O)c(O)c1. The Morgan fingerprint density at radius 1 is 0.824 bits per heavy atom. The number of rotatable bonds is 3. The van der Waals surface area contributed by atoms with E-state index in [-0.39, 0.29) is 17.7 Å². The quantitative estimate of drug-likeness (QED) is 0.204. The number of phenolic OH excluding ortho intramolecular Hbond substituents is 8. The summed E-state index contributed by atoms with van der Waals surface area (Å²) in [6, 6.07) is 4.45. The predicted octanol–water partition coefficient (Wildman–Crippen LogP) is 2.37. The highest BCUT2D eigenvalue weighted by atomic mass is 19.1. The van der Waals surface area contributed by atoms with Crippen LogP contribution in [-0.4, -0.2) is 52.9 Å². The standard InChI is InChI=1S/C22H17FO11/c23-17-10(5-14(28)19(30)20(17)31)21-16(6-9-11(25)3-8(24)4-15(9)33-21)34-22(32)7-1-12(26)18(29)13(27)2-7/h1-5,16,21,24-31H,6H2. The molecular formula is C22H17FO11.